The molecule has 0 unspecified atom stereocenters. The van der Waals surface area contributed by atoms with Crippen LogP contribution in [0.15, 0.2) is 54.6 Å². The van der Waals surface area contributed by atoms with Crippen molar-refractivity contribution >= 4 is 35.1 Å². The third-order valence-electron chi connectivity index (χ3n) is 4.76. The maximum Gasteiger partial charge on any atom is 0.258 e. The van der Waals surface area contributed by atoms with Gasteiger partial charge in [-0.1, -0.05) is 36.7 Å². The van der Waals surface area contributed by atoms with E-state index in [2.05, 4.69) is 11.9 Å². The Morgan fingerprint density at radius 2 is 1.75 bits per heavy atom. The van der Waals surface area contributed by atoms with Crippen molar-refractivity contribution < 1.29 is 18.4 Å². The van der Waals surface area contributed by atoms with Crippen LogP contribution in [0.1, 0.15) is 30.4 Å². The summed E-state index contributed by atoms with van der Waals surface area (Å²) in [4.78, 5) is 25.1. The molecule has 1 saturated carbocycles. The van der Waals surface area contributed by atoms with Crippen molar-refractivity contribution in [3.05, 3.63) is 82.4 Å². The highest BCUT2D eigenvalue weighted by Crippen LogP contribution is 2.32. The van der Waals surface area contributed by atoms with Crippen LogP contribution in [0, 0.1) is 17.6 Å². The number of hydrogen-bond donors (Lipinski definition) is 1. The molecular weight excluding hydrogens is 384 g/mol. The van der Waals surface area contributed by atoms with Crippen molar-refractivity contribution in [3.63, 3.8) is 0 Å². The van der Waals surface area contributed by atoms with Gasteiger partial charge < -0.3 is 0 Å². The summed E-state index contributed by atoms with van der Waals surface area (Å²) >= 11 is 5.87. The van der Waals surface area contributed by atoms with Gasteiger partial charge in [0.2, 0.25) is 0 Å². The quantitative estimate of drug-likeness (QED) is 0.555. The number of imide groups is 1. The van der Waals surface area contributed by atoms with E-state index < -0.39 is 23.4 Å². The zero-order valence-corrected chi connectivity index (χ0v) is 15.7. The van der Waals surface area contributed by atoms with Gasteiger partial charge in [-0.15, -0.1) is 0 Å². The van der Waals surface area contributed by atoms with Crippen LogP contribution in [0.5, 0.6) is 0 Å². The number of halogens is 3. The van der Waals surface area contributed by atoms with E-state index >= 15 is 0 Å². The predicted octanol–water partition coefficient (Wildman–Crippen LogP) is 5.16. The normalized spacial score (nSPS) is 14.3. The SMILES string of the molecule is C=C(C(=O)NC(=O)/C(=C/c1ccc(Cl)cc1)c1ccc(F)cc1F)C1CCC1. The summed E-state index contributed by atoms with van der Waals surface area (Å²) in [6, 6.07) is 9.43. The van der Waals surface area contributed by atoms with Crippen LogP contribution in [0.4, 0.5) is 8.78 Å². The molecule has 1 N–H and O–H groups in total. The first-order valence-corrected chi connectivity index (χ1v) is 9.20. The molecule has 1 aliphatic carbocycles. The second-order valence-electron chi connectivity index (χ2n) is 6.67. The first-order valence-electron chi connectivity index (χ1n) is 8.82. The summed E-state index contributed by atoms with van der Waals surface area (Å²) < 4.78 is 27.6. The number of carbonyl (C=O) groups is 2. The molecule has 0 heterocycles. The highest BCUT2D eigenvalue weighted by atomic mass is 35.5. The molecule has 0 radical (unpaired) electrons. The van der Waals surface area contributed by atoms with Crippen LogP contribution in [0.3, 0.4) is 0 Å². The minimum atomic E-state index is -0.902. The first kappa shape index (κ1) is 20.0. The largest absolute Gasteiger partial charge is 0.288 e. The lowest BCUT2D eigenvalue weighted by molar-refractivity contribution is -0.125. The van der Waals surface area contributed by atoms with Crippen molar-refractivity contribution in [2.75, 3.05) is 0 Å². The van der Waals surface area contributed by atoms with Gasteiger partial charge in [0, 0.05) is 22.2 Å². The summed E-state index contributed by atoms with van der Waals surface area (Å²) in [5.41, 5.74) is 0.694. The number of rotatable bonds is 5. The molecule has 0 spiro atoms. The van der Waals surface area contributed by atoms with E-state index in [1.54, 1.807) is 24.3 Å². The van der Waals surface area contributed by atoms with Gasteiger partial charge in [0.15, 0.2) is 0 Å². The average Bonchev–Trinajstić information content (AvgIpc) is 2.60. The van der Waals surface area contributed by atoms with Gasteiger partial charge in [-0.05, 0) is 54.7 Å². The van der Waals surface area contributed by atoms with Crippen LogP contribution in [0.25, 0.3) is 11.6 Å². The fourth-order valence-corrected chi connectivity index (χ4v) is 3.02. The Labute approximate surface area is 166 Å². The number of nitrogens with one attached hydrogen (secondary N) is 1. The predicted molar refractivity (Wildman–Crippen MR) is 105 cm³/mol. The highest BCUT2D eigenvalue weighted by molar-refractivity contribution is 6.31. The van der Waals surface area contributed by atoms with Crippen LogP contribution in [-0.4, -0.2) is 11.8 Å². The standard InChI is InChI=1S/C22H18ClF2NO2/c1-13(15-3-2-4-15)21(27)26-22(28)19(11-14-5-7-16(23)8-6-14)18-10-9-17(24)12-20(18)25/h5-12,15H,1-4H2,(H,26,27,28)/b19-11+. The fourth-order valence-electron chi connectivity index (χ4n) is 2.89. The van der Waals surface area contributed by atoms with Gasteiger partial charge >= 0.3 is 0 Å². The van der Waals surface area contributed by atoms with Gasteiger partial charge in [-0.25, -0.2) is 8.78 Å². The molecule has 2 amide bonds. The zero-order valence-electron chi connectivity index (χ0n) is 15.0. The molecule has 144 valence electrons. The van der Waals surface area contributed by atoms with Crippen molar-refractivity contribution in [1.29, 1.82) is 0 Å². The monoisotopic (exact) mass is 401 g/mol. The number of amides is 2. The second-order valence-corrected chi connectivity index (χ2v) is 7.11. The van der Waals surface area contributed by atoms with Crippen LogP contribution >= 0.6 is 11.6 Å². The Bertz CT molecular complexity index is 963. The maximum absolute atomic E-state index is 14.3. The molecule has 6 heteroatoms. The lowest BCUT2D eigenvalue weighted by atomic mass is 9.80. The van der Waals surface area contributed by atoms with Crippen LogP contribution in [0.2, 0.25) is 5.02 Å². The summed E-state index contributed by atoms with van der Waals surface area (Å²) in [5.74, 6) is -2.97. The van der Waals surface area contributed by atoms with Crippen LogP contribution < -0.4 is 5.32 Å². The molecule has 1 aliphatic rings. The maximum atomic E-state index is 14.3. The Morgan fingerprint density at radius 3 is 2.32 bits per heavy atom. The Kier molecular flexibility index (Phi) is 6.05. The van der Waals surface area contributed by atoms with Gasteiger partial charge in [-0.2, -0.15) is 0 Å². The average molecular weight is 402 g/mol. The molecule has 3 nitrogen and oxygen atoms in total. The fraction of sp³-hybridized carbons (Fsp3) is 0.182. The minimum absolute atomic E-state index is 0.0686. The summed E-state index contributed by atoms with van der Waals surface area (Å²) in [7, 11) is 0. The second kappa shape index (κ2) is 8.48. The summed E-state index contributed by atoms with van der Waals surface area (Å²) in [6.07, 6.45) is 4.16. The van der Waals surface area contributed by atoms with Crippen molar-refractivity contribution in [3.8, 4) is 0 Å². The van der Waals surface area contributed by atoms with E-state index in [0.29, 0.717) is 22.2 Å². The topological polar surface area (TPSA) is 46.2 Å². The molecule has 2 aromatic rings. The number of hydrogen-bond acceptors (Lipinski definition) is 2. The Hall–Kier alpha value is -2.79. The highest BCUT2D eigenvalue weighted by Gasteiger charge is 2.27. The van der Waals surface area contributed by atoms with E-state index in [4.69, 9.17) is 11.6 Å². The molecule has 1 fully saturated rings. The molecular formula is C22H18ClF2NO2. The first-order chi connectivity index (χ1) is 13.3. The molecule has 0 aliphatic heterocycles. The third-order valence-corrected chi connectivity index (χ3v) is 5.02. The van der Waals surface area contributed by atoms with Gasteiger partial charge in [0.05, 0.1) is 5.57 Å². The lowest BCUT2D eigenvalue weighted by Crippen LogP contribution is -2.35. The molecule has 0 saturated heterocycles. The minimum Gasteiger partial charge on any atom is -0.288 e. The molecule has 3 rings (SSSR count). The van der Waals surface area contributed by atoms with E-state index in [9.17, 15) is 18.4 Å². The van der Waals surface area contributed by atoms with Crippen molar-refractivity contribution in [2.45, 2.75) is 19.3 Å². The number of benzene rings is 2. The Morgan fingerprint density at radius 1 is 1.07 bits per heavy atom. The molecule has 0 aromatic heterocycles. The van der Waals surface area contributed by atoms with Crippen molar-refractivity contribution in [1.82, 2.24) is 5.32 Å². The molecule has 28 heavy (non-hydrogen) atoms. The molecule has 0 atom stereocenters. The summed E-state index contributed by atoms with van der Waals surface area (Å²) in [5, 5.41) is 2.77. The molecule has 0 bridgehead atoms. The van der Waals surface area contributed by atoms with Gasteiger partial charge in [0.1, 0.15) is 11.6 Å². The van der Waals surface area contributed by atoms with Crippen molar-refractivity contribution in [2.24, 2.45) is 5.92 Å². The van der Waals surface area contributed by atoms with Gasteiger partial charge in [-0.3, -0.25) is 14.9 Å². The van der Waals surface area contributed by atoms with E-state index in [0.717, 1.165) is 31.4 Å². The third kappa shape index (κ3) is 4.54. The smallest absolute Gasteiger partial charge is 0.258 e. The molecule has 2 aromatic carbocycles. The van der Waals surface area contributed by atoms with Gasteiger partial charge in [0.25, 0.3) is 11.8 Å². The number of carbonyl (C=O) groups excluding carboxylic acids is 2. The zero-order chi connectivity index (χ0) is 20.3. The van der Waals surface area contributed by atoms with E-state index in [-0.39, 0.29) is 17.1 Å². The van der Waals surface area contributed by atoms with E-state index in [1.807, 2.05) is 0 Å². The Balaban J connectivity index is 1.93. The van der Waals surface area contributed by atoms with Crippen LogP contribution in [-0.2, 0) is 9.59 Å². The van der Waals surface area contributed by atoms with E-state index in [1.165, 1.54) is 6.08 Å². The summed E-state index contributed by atoms with van der Waals surface area (Å²) in [6.45, 7) is 3.76. The lowest BCUT2D eigenvalue weighted by Gasteiger charge is -2.26.